The van der Waals surface area contributed by atoms with Crippen LogP contribution in [-0.2, 0) is 4.79 Å². The average Bonchev–Trinajstić information content (AvgIpc) is 2.41. The monoisotopic (exact) mass is 271 g/mol. The number of piperidine rings is 1. The lowest BCUT2D eigenvalue weighted by Crippen LogP contribution is -2.48. The smallest absolute Gasteiger partial charge is 0.149 e. The number of aliphatic hydroxyl groups is 1. The molecular formula is C15H26FNO2. The zero-order valence-corrected chi connectivity index (χ0v) is 11.9. The summed E-state index contributed by atoms with van der Waals surface area (Å²) in [6, 6.07) is -0.268. The lowest BCUT2D eigenvalue weighted by Gasteiger charge is -2.37. The highest BCUT2D eigenvalue weighted by molar-refractivity contribution is 5.83. The van der Waals surface area contributed by atoms with E-state index >= 15 is 0 Å². The Kier molecular flexibility index (Phi) is 5.34. The summed E-state index contributed by atoms with van der Waals surface area (Å²) in [6.45, 7) is 2.79. The quantitative estimate of drug-likeness (QED) is 0.852. The van der Waals surface area contributed by atoms with Crippen LogP contribution in [0.1, 0.15) is 45.4 Å². The van der Waals surface area contributed by atoms with Crippen molar-refractivity contribution in [2.45, 2.75) is 57.6 Å². The molecule has 1 aliphatic heterocycles. The van der Waals surface area contributed by atoms with Crippen LogP contribution < -0.4 is 0 Å². The van der Waals surface area contributed by atoms with Crippen molar-refractivity contribution in [2.75, 3.05) is 19.8 Å². The Labute approximate surface area is 115 Å². The van der Waals surface area contributed by atoms with Crippen molar-refractivity contribution in [2.24, 2.45) is 11.8 Å². The lowest BCUT2D eigenvalue weighted by molar-refractivity contribution is -0.126. The van der Waals surface area contributed by atoms with Gasteiger partial charge in [-0.25, -0.2) is 4.39 Å². The molecule has 0 bridgehead atoms. The molecule has 2 atom stereocenters. The molecule has 0 aromatic heterocycles. The van der Waals surface area contributed by atoms with Crippen LogP contribution in [0.5, 0.6) is 0 Å². The highest BCUT2D eigenvalue weighted by atomic mass is 19.1. The van der Waals surface area contributed by atoms with Gasteiger partial charge in [-0.15, -0.1) is 0 Å². The second kappa shape index (κ2) is 6.80. The number of halogens is 1. The van der Waals surface area contributed by atoms with Crippen LogP contribution in [0.25, 0.3) is 0 Å². The number of Topliss-reactive ketones (excluding diaryl/α,β-unsaturated/α-hetero) is 1. The summed E-state index contributed by atoms with van der Waals surface area (Å²) in [7, 11) is 0. The van der Waals surface area contributed by atoms with Gasteiger partial charge >= 0.3 is 0 Å². The number of aliphatic hydroxyl groups excluding tert-OH is 1. The minimum absolute atomic E-state index is 0.184. The maximum absolute atomic E-state index is 13.0. The number of alkyl halides is 1. The fourth-order valence-corrected chi connectivity index (χ4v) is 3.36. The van der Waals surface area contributed by atoms with Gasteiger partial charge in [0, 0.05) is 18.5 Å². The first-order valence-electron chi connectivity index (χ1n) is 7.61. The summed E-state index contributed by atoms with van der Waals surface area (Å²) < 4.78 is 13.0. The maximum Gasteiger partial charge on any atom is 0.149 e. The van der Waals surface area contributed by atoms with E-state index in [1.165, 1.54) is 0 Å². The number of hydrogen-bond acceptors (Lipinski definition) is 3. The summed E-state index contributed by atoms with van der Waals surface area (Å²) in [5, 5.41) is 9.56. The molecule has 2 rings (SSSR count). The molecule has 1 saturated heterocycles. The third-order valence-electron chi connectivity index (χ3n) is 4.82. The first-order valence-corrected chi connectivity index (χ1v) is 7.61. The van der Waals surface area contributed by atoms with Crippen molar-refractivity contribution >= 4 is 5.78 Å². The zero-order valence-electron chi connectivity index (χ0n) is 11.9. The summed E-state index contributed by atoms with van der Waals surface area (Å²) >= 11 is 0. The Bertz CT molecular complexity index is 303. The van der Waals surface area contributed by atoms with Gasteiger partial charge in [-0.05, 0) is 31.6 Å². The number of rotatable bonds is 4. The Morgan fingerprint density at radius 1 is 1.26 bits per heavy atom. The van der Waals surface area contributed by atoms with Crippen LogP contribution >= 0.6 is 0 Å². The molecular weight excluding hydrogens is 245 g/mol. The van der Waals surface area contributed by atoms with Gasteiger partial charge in [-0.1, -0.05) is 19.8 Å². The molecule has 1 heterocycles. The summed E-state index contributed by atoms with van der Waals surface area (Å²) in [4.78, 5) is 14.2. The fraction of sp³-hybridized carbons (Fsp3) is 0.933. The molecule has 2 unspecified atom stereocenters. The van der Waals surface area contributed by atoms with Crippen molar-refractivity contribution < 1.29 is 14.3 Å². The first kappa shape index (κ1) is 14.9. The van der Waals surface area contributed by atoms with Gasteiger partial charge in [-0.3, -0.25) is 9.69 Å². The van der Waals surface area contributed by atoms with Crippen molar-refractivity contribution in [1.82, 2.24) is 4.90 Å². The lowest BCUT2D eigenvalue weighted by atomic mass is 9.80. The Hall–Kier alpha value is -0.480. The van der Waals surface area contributed by atoms with Crippen LogP contribution in [0.2, 0.25) is 0 Å². The summed E-state index contributed by atoms with van der Waals surface area (Å²) in [6.07, 6.45) is 5.00. The molecule has 0 aromatic carbocycles. The van der Waals surface area contributed by atoms with Gasteiger partial charge in [0.2, 0.25) is 0 Å². The van der Waals surface area contributed by atoms with Crippen LogP contribution in [0.15, 0.2) is 0 Å². The van der Waals surface area contributed by atoms with Crippen LogP contribution in [0, 0.1) is 11.8 Å². The second-order valence-corrected chi connectivity index (χ2v) is 6.38. The molecule has 2 fully saturated rings. The number of likely N-dealkylation sites (tertiary alicyclic amines) is 1. The van der Waals surface area contributed by atoms with E-state index in [2.05, 4.69) is 6.92 Å². The van der Waals surface area contributed by atoms with E-state index < -0.39 is 12.8 Å². The zero-order chi connectivity index (χ0) is 13.8. The maximum atomic E-state index is 13.0. The largest absolute Gasteiger partial charge is 0.393 e. The topological polar surface area (TPSA) is 40.5 Å². The minimum atomic E-state index is -0.466. The van der Waals surface area contributed by atoms with Crippen LogP contribution in [0.3, 0.4) is 0 Å². The van der Waals surface area contributed by atoms with Gasteiger partial charge < -0.3 is 5.11 Å². The number of ketones is 1. The van der Waals surface area contributed by atoms with E-state index in [-0.39, 0.29) is 17.7 Å². The highest BCUT2D eigenvalue weighted by Gasteiger charge is 2.31. The number of nitrogens with zero attached hydrogens (tertiary/aromatic N) is 1. The Morgan fingerprint density at radius 2 is 1.95 bits per heavy atom. The highest BCUT2D eigenvalue weighted by Crippen LogP contribution is 2.29. The van der Waals surface area contributed by atoms with E-state index in [9.17, 15) is 14.3 Å². The predicted molar refractivity (Wildman–Crippen MR) is 72.7 cm³/mol. The van der Waals surface area contributed by atoms with Gasteiger partial charge in [0.15, 0.2) is 0 Å². The Morgan fingerprint density at radius 3 is 2.58 bits per heavy atom. The molecule has 0 spiro atoms. The third kappa shape index (κ3) is 3.99. The van der Waals surface area contributed by atoms with Gasteiger partial charge in [-0.2, -0.15) is 0 Å². The summed E-state index contributed by atoms with van der Waals surface area (Å²) in [5.41, 5.74) is 0. The fourth-order valence-electron chi connectivity index (χ4n) is 3.36. The minimum Gasteiger partial charge on any atom is -0.393 e. The predicted octanol–water partition coefficient (Wildman–Crippen LogP) is 2.18. The van der Waals surface area contributed by atoms with E-state index in [0.29, 0.717) is 25.9 Å². The summed E-state index contributed by atoms with van der Waals surface area (Å²) in [5.74, 6) is 1.21. The SMILES string of the molecule is CC1CCC(C(=O)CN2CCC(O)CC2CF)CC1. The molecule has 0 radical (unpaired) electrons. The number of carbonyl (C=O) groups is 1. The molecule has 0 amide bonds. The molecule has 2 aliphatic rings. The second-order valence-electron chi connectivity index (χ2n) is 6.38. The van der Waals surface area contributed by atoms with Gasteiger partial charge in [0.1, 0.15) is 12.5 Å². The normalized spacial score (nSPS) is 37.2. The average molecular weight is 271 g/mol. The number of carbonyl (C=O) groups excluding carboxylic acids is 1. The first-order chi connectivity index (χ1) is 9.10. The molecule has 3 nitrogen and oxygen atoms in total. The standard InChI is InChI=1S/C15H26FNO2/c1-11-2-4-12(5-3-11)15(19)10-17-7-6-14(18)8-13(17)9-16/h11-14,18H,2-10H2,1H3. The van der Waals surface area contributed by atoms with E-state index in [1.807, 2.05) is 4.90 Å². The van der Waals surface area contributed by atoms with E-state index in [0.717, 1.165) is 31.6 Å². The number of hydrogen-bond donors (Lipinski definition) is 1. The van der Waals surface area contributed by atoms with Crippen LogP contribution in [0.4, 0.5) is 4.39 Å². The van der Waals surface area contributed by atoms with Crippen LogP contribution in [-0.4, -0.2) is 47.7 Å². The molecule has 1 aliphatic carbocycles. The van der Waals surface area contributed by atoms with Gasteiger partial charge in [0.05, 0.1) is 12.6 Å². The van der Waals surface area contributed by atoms with Crippen molar-refractivity contribution in [3.05, 3.63) is 0 Å². The van der Waals surface area contributed by atoms with Crippen molar-refractivity contribution in [3.8, 4) is 0 Å². The molecule has 110 valence electrons. The molecule has 4 heteroatoms. The molecule has 19 heavy (non-hydrogen) atoms. The van der Waals surface area contributed by atoms with Gasteiger partial charge in [0.25, 0.3) is 0 Å². The molecule has 0 aromatic rings. The molecule has 1 saturated carbocycles. The third-order valence-corrected chi connectivity index (χ3v) is 4.82. The van der Waals surface area contributed by atoms with E-state index in [1.54, 1.807) is 0 Å². The Balaban J connectivity index is 1.84. The van der Waals surface area contributed by atoms with Crippen molar-refractivity contribution in [1.29, 1.82) is 0 Å². The van der Waals surface area contributed by atoms with E-state index in [4.69, 9.17) is 0 Å². The molecule has 1 N–H and O–H groups in total. The van der Waals surface area contributed by atoms with Crippen molar-refractivity contribution in [3.63, 3.8) is 0 Å².